The standard InChI is InChI=1S/C18H17ClN2O5/c1-10-9-26-14(8-15(22)23)16(10)17(24)20-13-6-7-21(18(13)25)12-4-2-11(19)3-5-12/h2-5,9,13H,6-8H2,1H3,(H,20,24)(H,22,23). The third-order valence-electron chi connectivity index (χ3n) is 4.24. The highest BCUT2D eigenvalue weighted by atomic mass is 35.5. The number of benzene rings is 1. The van der Waals surface area contributed by atoms with Gasteiger partial charge in [0.05, 0.1) is 11.8 Å². The fourth-order valence-electron chi connectivity index (χ4n) is 2.99. The average molecular weight is 377 g/mol. The number of nitrogens with zero attached hydrogens (tertiary/aromatic N) is 1. The molecule has 3 rings (SSSR count). The molecule has 1 aliphatic heterocycles. The van der Waals surface area contributed by atoms with Gasteiger partial charge in [-0.05, 0) is 37.6 Å². The van der Waals surface area contributed by atoms with Gasteiger partial charge < -0.3 is 19.7 Å². The second-order valence-corrected chi connectivity index (χ2v) is 6.50. The van der Waals surface area contributed by atoms with Gasteiger partial charge in [-0.25, -0.2) is 0 Å². The first-order valence-electron chi connectivity index (χ1n) is 8.03. The molecule has 0 bridgehead atoms. The monoisotopic (exact) mass is 376 g/mol. The highest BCUT2D eigenvalue weighted by Crippen LogP contribution is 2.24. The van der Waals surface area contributed by atoms with Crippen molar-refractivity contribution in [1.82, 2.24) is 5.32 Å². The van der Waals surface area contributed by atoms with Crippen molar-refractivity contribution >= 4 is 35.1 Å². The fraction of sp³-hybridized carbons (Fsp3) is 0.278. The second-order valence-electron chi connectivity index (χ2n) is 6.07. The summed E-state index contributed by atoms with van der Waals surface area (Å²) >= 11 is 5.86. The number of carbonyl (C=O) groups excluding carboxylic acids is 2. The zero-order valence-corrected chi connectivity index (χ0v) is 14.7. The number of aliphatic carboxylic acids is 1. The van der Waals surface area contributed by atoms with Gasteiger partial charge in [0.1, 0.15) is 18.2 Å². The summed E-state index contributed by atoms with van der Waals surface area (Å²) in [5, 5.41) is 12.2. The van der Waals surface area contributed by atoms with Gasteiger partial charge in [0.15, 0.2) is 0 Å². The number of anilines is 1. The number of carboxylic acid groups (broad SMARTS) is 1. The van der Waals surface area contributed by atoms with E-state index in [-0.39, 0.29) is 17.2 Å². The van der Waals surface area contributed by atoms with Gasteiger partial charge in [-0.15, -0.1) is 0 Å². The van der Waals surface area contributed by atoms with Gasteiger partial charge in [0, 0.05) is 22.8 Å². The van der Waals surface area contributed by atoms with E-state index in [0.29, 0.717) is 29.2 Å². The normalized spacial score (nSPS) is 16.8. The molecule has 136 valence electrons. The molecule has 2 heterocycles. The molecule has 1 aliphatic rings. The van der Waals surface area contributed by atoms with E-state index in [1.807, 2.05) is 0 Å². The van der Waals surface area contributed by atoms with Crippen LogP contribution in [0.1, 0.15) is 28.1 Å². The molecule has 1 aromatic heterocycles. The third kappa shape index (κ3) is 3.57. The zero-order chi connectivity index (χ0) is 18.8. The van der Waals surface area contributed by atoms with Crippen molar-refractivity contribution in [2.75, 3.05) is 11.4 Å². The molecule has 0 spiro atoms. The Bertz CT molecular complexity index is 859. The quantitative estimate of drug-likeness (QED) is 0.834. The van der Waals surface area contributed by atoms with Crippen LogP contribution in [-0.4, -0.2) is 35.5 Å². The van der Waals surface area contributed by atoms with Crippen molar-refractivity contribution < 1.29 is 23.9 Å². The number of halogens is 1. The van der Waals surface area contributed by atoms with Crippen molar-refractivity contribution in [2.45, 2.75) is 25.8 Å². The molecule has 2 amide bonds. The molecule has 0 saturated carbocycles. The summed E-state index contributed by atoms with van der Waals surface area (Å²) in [4.78, 5) is 37.7. The van der Waals surface area contributed by atoms with Crippen LogP contribution in [0.15, 0.2) is 34.9 Å². The number of carboxylic acids is 1. The molecule has 0 aliphatic carbocycles. The van der Waals surface area contributed by atoms with E-state index in [9.17, 15) is 14.4 Å². The number of rotatable bonds is 5. The molecular formula is C18H17ClN2O5. The van der Waals surface area contributed by atoms with Gasteiger partial charge in [-0.2, -0.15) is 0 Å². The summed E-state index contributed by atoms with van der Waals surface area (Å²) < 4.78 is 5.17. The first kappa shape index (κ1) is 18.0. The Balaban J connectivity index is 1.73. The van der Waals surface area contributed by atoms with Gasteiger partial charge in [-0.1, -0.05) is 11.6 Å². The van der Waals surface area contributed by atoms with Crippen molar-refractivity contribution in [3.63, 3.8) is 0 Å². The van der Waals surface area contributed by atoms with E-state index in [1.54, 1.807) is 36.1 Å². The Morgan fingerprint density at radius 2 is 2.04 bits per heavy atom. The number of nitrogens with one attached hydrogen (secondary N) is 1. The summed E-state index contributed by atoms with van der Waals surface area (Å²) in [6, 6.07) is 6.21. The number of hydrogen-bond donors (Lipinski definition) is 2. The van der Waals surface area contributed by atoms with E-state index in [2.05, 4.69) is 5.32 Å². The smallest absolute Gasteiger partial charge is 0.311 e. The fourth-order valence-corrected chi connectivity index (χ4v) is 3.12. The van der Waals surface area contributed by atoms with Gasteiger partial charge in [-0.3, -0.25) is 14.4 Å². The van der Waals surface area contributed by atoms with Crippen LogP contribution in [0, 0.1) is 6.92 Å². The highest BCUT2D eigenvalue weighted by molar-refractivity contribution is 6.30. The molecule has 2 aromatic rings. The minimum absolute atomic E-state index is 0.0764. The maximum Gasteiger partial charge on any atom is 0.311 e. The Morgan fingerprint density at radius 1 is 1.35 bits per heavy atom. The van der Waals surface area contributed by atoms with Crippen molar-refractivity contribution in [3.05, 3.63) is 52.4 Å². The van der Waals surface area contributed by atoms with Crippen LogP contribution < -0.4 is 10.2 Å². The lowest BCUT2D eigenvalue weighted by molar-refractivity contribution is -0.136. The first-order valence-corrected chi connectivity index (χ1v) is 8.41. The molecule has 1 atom stereocenters. The zero-order valence-electron chi connectivity index (χ0n) is 14.0. The topological polar surface area (TPSA) is 99.8 Å². The van der Waals surface area contributed by atoms with E-state index in [4.69, 9.17) is 21.1 Å². The summed E-state index contributed by atoms with van der Waals surface area (Å²) in [5.74, 6) is -1.75. The van der Waals surface area contributed by atoms with Crippen LogP contribution in [0.3, 0.4) is 0 Å². The van der Waals surface area contributed by atoms with Crippen LogP contribution >= 0.6 is 11.6 Å². The Morgan fingerprint density at radius 3 is 2.69 bits per heavy atom. The molecular weight excluding hydrogens is 360 g/mol. The maximum atomic E-state index is 12.6. The predicted molar refractivity (Wildman–Crippen MR) is 94.5 cm³/mol. The molecule has 1 saturated heterocycles. The van der Waals surface area contributed by atoms with Crippen LogP contribution in [-0.2, 0) is 16.0 Å². The molecule has 2 N–H and O–H groups in total. The van der Waals surface area contributed by atoms with E-state index < -0.39 is 24.3 Å². The van der Waals surface area contributed by atoms with Crippen molar-refractivity contribution in [1.29, 1.82) is 0 Å². The van der Waals surface area contributed by atoms with Crippen LogP contribution in [0.2, 0.25) is 5.02 Å². The minimum atomic E-state index is -1.10. The molecule has 1 aromatic carbocycles. The van der Waals surface area contributed by atoms with E-state index in [0.717, 1.165) is 0 Å². The minimum Gasteiger partial charge on any atom is -0.481 e. The first-order chi connectivity index (χ1) is 12.4. The lowest BCUT2D eigenvalue weighted by Crippen LogP contribution is -2.42. The Labute approximate surface area is 154 Å². The summed E-state index contributed by atoms with van der Waals surface area (Å²) in [5.41, 5.74) is 1.41. The maximum absolute atomic E-state index is 12.6. The number of furan rings is 1. The van der Waals surface area contributed by atoms with Crippen LogP contribution in [0.25, 0.3) is 0 Å². The number of aryl methyl sites for hydroxylation is 1. The average Bonchev–Trinajstić information content (AvgIpc) is 3.11. The van der Waals surface area contributed by atoms with Gasteiger partial charge >= 0.3 is 5.97 Å². The van der Waals surface area contributed by atoms with Crippen molar-refractivity contribution in [2.24, 2.45) is 0 Å². The lowest BCUT2D eigenvalue weighted by atomic mass is 10.1. The van der Waals surface area contributed by atoms with E-state index >= 15 is 0 Å². The molecule has 26 heavy (non-hydrogen) atoms. The number of carbonyl (C=O) groups is 3. The molecule has 1 fully saturated rings. The SMILES string of the molecule is Cc1coc(CC(=O)O)c1C(=O)NC1CCN(c2ccc(Cl)cc2)C1=O. The second kappa shape index (κ2) is 7.21. The molecule has 0 radical (unpaired) electrons. The summed E-state index contributed by atoms with van der Waals surface area (Å²) in [6.45, 7) is 2.12. The third-order valence-corrected chi connectivity index (χ3v) is 4.49. The summed E-state index contributed by atoms with van der Waals surface area (Å²) in [7, 11) is 0. The largest absolute Gasteiger partial charge is 0.481 e. The Kier molecular flexibility index (Phi) is 4.99. The van der Waals surface area contributed by atoms with Crippen LogP contribution in [0.5, 0.6) is 0 Å². The van der Waals surface area contributed by atoms with Crippen molar-refractivity contribution in [3.8, 4) is 0 Å². The Hall–Kier alpha value is -2.80. The highest BCUT2D eigenvalue weighted by Gasteiger charge is 2.34. The predicted octanol–water partition coefficient (Wildman–Crippen LogP) is 2.40. The molecule has 1 unspecified atom stereocenters. The van der Waals surface area contributed by atoms with Gasteiger partial charge in [0.2, 0.25) is 5.91 Å². The molecule has 7 nitrogen and oxygen atoms in total. The summed E-state index contributed by atoms with van der Waals surface area (Å²) in [6.07, 6.45) is 1.40. The lowest BCUT2D eigenvalue weighted by Gasteiger charge is -2.17. The van der Waals surface area contributed by atoms with Crippen LogP contribution in [0.4, 0.5) is 5.69 Å². The number of hydrogen-bond acceptors (Lipinski definition) is 4. The number of amides is 2. The molecule has 8 heteroatoms. The van der Waals surface area contributed by atoms with E-state index in [1.165, 1.54) is 6.26 Å². The van der Waals surface area contributed by atoms with Gasteiger partial charge in [0.25, 0.3) is 5.91 Å².